The van der Waals surface area contributed by atoms with E-state index in [0.29, 0.717) is 13.0 Å². The number of hydrogen-bond donors (Lipinski definition) is 2. The Bertz CT molecular complexity index is 287. The lowest BCUT2D eigenvalue weighted by molar-refractivity contribution is -0.134. The van der Waals surface area contributed by atoms with Crippen LogP contribution in [0.25, 0.3) is 0 Å². The fraction of sp³-hybridized carbons (Fsp3) is 0.600. The number of amides is 1. The quantitative estimate of drug-likeness (QED) is 0.633. The van der Waals surface area contributed by atoms with Crippen LogP contribution in [-0.2, 0) is 9.59 Å². The number of likely N-dealkylation sites (tertiary alicyclic amines) is 1. The van der Waals surface area contributed by atoms with Crippen molar-refractivity contribution in [2.24, 2.45) is 0 Å². The number of carbonyl (C=O) groups excluding carboxylic acids is 1. The monoisotopic (exact) mass is 213 g/mol. The molecule has 5 heteroatoms. The summed E-state index contributed by atoms with van der Waals surface area (Å²) < 4.78 is 0. The molecule has 0 aromatic heterocycles. The predicted octanol–water partition coefficient (Wildman–Crippen LogP) is -0.00100. The second kappa shape index (κ2) is 4.93. The van der Waals surface area contributed by atoms with Crippen LogP contribution in [0.5, 0.6) is 0 Å². The minimum absolute atomic E-state index is 0.246. The highest BCUT2D eigenvalue weighted by atomic mass is 16.4. The lowest BCUT2D eigenvalue weighted by Gasteiger charge is -2.36. The number of carbonyl (C=O) groups is 2. The normalized spacial score (nSPS) is 26.9. The molecule has 0 saturated carbocycles. The Morgan fingerprint density at radius 3 is 2.67 bits per heavy atom. The van der Waals surface area contributed by atoms with Crippen LogP contribution in [-0.4, -0.2) is 45.7 Å². The summed E-state index contributed by atoms with van der Waals surface area (Å²) in [4.78, 5) is 23.2. The first-order chi connectivity index (χ1) is 7.02. The second-order valence-electron chi connectivity index (χ2n) is 3.65. The van der Waals surface area contributed by atoms with Gasteiger partial charge in [0, 0.05) is 18.7 Å². The number of aliphatic hydroxyl groups excluding tert-OH is 1. The Kier molecular flexibility index (Phi) is 3.85. The van der Waals surface area contributed by atoms with Gasteiger partial charge in [-0.25, -0.2) is 4.79 Å². The zero-order valence-corrected chi connectivity index (χ0v) is 8.59. The standard InChI is InChI=1S/C10H15NO4/c1-7-8(12)3-2-6-11(7)9(13)4-5-10(14)15/h4-5,7-8,12H,2-3,6H2,1H3,(H,14,15)/b5-4+. The van der Waals surface area contributed by atoms with E-state index in [-0.39, 0.29) is 11.9 Å². The summed E-state index contributed by atoms with van der Waals surface area (Å²) in [6.07, 6.45) is 2.76. The van der Waals surface area contributed by atoms with Crippen LogP contribution in [0.1, 0.15) is 19.8 Å². The third kappa shape index (κ3) is 3.06. The van der Waals surface area contributed by atoms with E-state index in [9.17, 15) is 14.7 Å². The molecule has 1 fully saturated rings. The van der Waals surface area contributed by atoms with Crippen molar-refractivity contribution in [3.05, 3.63) is 12.2 Å². The lowest BCUT2D eigenvalue weighted by Crippen LogP contribution is -2.48. The molecule has 0 spiro atoms. The molecule has 2 unspecified atom stereocenters. The molecular formula is C10H15NO4. The lowest BCUT2D eigenvalue weighted by atomic mass is 10.0. The molecular weight excluding hydrogens is 198 g/mol. The molecule has 0 radical (unpaired) electrons. The van der Waals surface area contributed by atoms with Crippen molar-refractivity contribution in [3.8, 4) is 0 Å². The van der Waals surface area contributed by atoms with E-state index >= 15 is 0 Å². The zero-order chi connectivity index (χ0) is 11.4. The molecule has 0 aromatic carbocycles. The molecule has 84 valence electrons. The van der Waals surface area contributed by atoms with Gasteiger partial charge in [-0.3, -0.25) is 4.79 Å². The van der Waals surface area contributed by atoms with Crippen LogP contribution in [0.15, 0.2) is 12.2 Å². The average molecular weight is 213 g/mol. The first kappa shape index (κ1) is 11.7. The number of nitrogens with zero attached hydrogens (tertiary/aromatic N) is 1. The summed E-state index contributed by atoms with van der Waals surface area (Å²) in [7, 11) is 0. The SMILES string of the molecule is CC1C(O)CCCN1C(=O)/C=C/C(=O)O. The first-order valence-electron chi connectivity index (χ1n) is 4.92. The molecule has 1 saturated heterocycles. The zero-order valence-electron chi connectivity index (χ0n) is 8.59. The van der Waals surface area contributed by atoms with Crippen molar-refractivity contribution in [2.75, 3.05) is 6.54 Å². The molecule has 1 aliphatic heterocycles. The molecule has 0 bridgehead atoms. The Morgan fingerprint density at radius 1 is 1.40 bits per heavy atom. The maximum absolute atomic E-state index is 11.5. The maximum atomic E-state index is 11.5. The van der Waals surface area contributed by atoms with Crippen molar-refractivity contribution in [1.82, 2.24) is 4.90 Å². The van der Waals surface area contributed by atoms with Crippen molar-refractivity contribution in [1.29, 1.82) is 0 Å². The fourth-order valence-corrected chi connectivity index (χ4v) is 1.67. The van der Waals surface area contributed by atoms with Crippen LogP contribution < -0.4 is 0 Å². The maximum Gasteiger partial charge on any atom is 0.328 e. The molecule has 0 aliphatic carbocycles. The molecule has 15 heavy (non-hydrogen) atoms. The van der Waals surface area contributed by atoms with Gasteiger partial charge in [0.05, 0.1) is 12.1 Å². The van der Waals surface area contributed by atoms with E-state index in [4.69, 9.17) is 5.11 Å². The van der Waals surface area contributed by atoms with Crippen LogP contribution >= 0.6 is 0 Å². The summed E-state index contributed by atoms with van der Waals surface area (Å²) in [6, 6.07) is -0.246. The molecule has 1 rings (SSSR count). The minimum Gasteiger partial charge on any atom is -0.478 e. The average Bonchev–Trinajstić information content (AvgIpc) is 2.18. The van der Waals surface area contributed by atoms with Crippen molar-refractivity contribution >= 4 is 11.9 Å². The Balaban J connectivity index is 2.62. The van der Waals surface area contributed by atoms with Crippen molar-refractivity contribution < 1.29 is 19.8 Å². The number of aliphatic carboxylic acids is 1. The fourth-order valence-electron chi connectivity index (χ4n) is 1.67. The number of piperidine rings is 1. The van der Waals surface area contributed by atoms with Gasteiger partial charge >= 0.3 is 5.97 Å². The highest BCUT2D eigenvalue weighted by molar-refractivity contribution is 5.94. The summed E-state index contributed by atoms with van der Waals surface area (Å²) in [6.45, 7) is 2.33. The smallest absolute Gasteiger partial charge is 0.328 e. The number of carboxylic acid groups (broad SMARTS) is 1. The van der Waals surface area contributed by atoms with Gasteiger partial charge < -0.3 is 15.1 Å². The minimum atomic E-state index is -1.14. The van der Waals surface area contributed by atoms with Gasteiger partial charge in [-0.15, -0.1) is 0 Å². The Labute approximate surface area is 88.0 Å². The van der Waals surface area contributed by atoms with Gasteiger partial charge in [0.2, 0.25) is 5.91 Å². The van der Waals surface area contributed by atoms with Crippen LogP contribution in [0.4, 0.5) is 0 Å². The van der Waals surface area contributed by atoms with Crippen LogP contribution in [0.3, 0.4) is 0 Å². The highest BCUT2D eigenvalue weighted by Crippen LogP contribution is 2.17. The first-order valence-corrected chi connectivity index (χ1v) is 4.92. The number of carboxylic acids is 1. The van der Waals surface area contributed by atoms with E-state index < -0.39 is 12.1 Å². The van der Waals surface area contributed by atoms with E-state index in [1.54, 1.807) is 6.92 Å². The van der Waals surface area contributed by atoms with E-state index in [1.165, 1.54) is 4.90 Å². The number of rotatable bonds is 2. The van der Waals surface area contributed by atoms with Gasteiger partial charge in [0.15, 0.2) is 0 Å². The van der Waals surface area contributed by atoms with Crippen molar-refractivity contribution in [3.63, 3.8) is 0 Å². The third-order valence-corrected chi connectivity index (χ3v) is 2.60. The molecule has 1 amide bonds. The second-order valence-corrected chi connectivity index (χ2v) is 3.65. The van der Waals surface area contributed by atoms with Crippen LogP contribution in [0.2, 0.25) is 0 Å². The van der Waals surface area contributed by atoms with Gasteiger partial charge in [-0.1, -0.05) is 0 Å². The third-order valence-electron chi connectivity index (χ3n) is 2.60. The summed E-state index contributed by atoms with van der Waals surface area (Å²) in [5.74, 6) is -1.50. The number of hydrogen-bond acceptors (Lipinski definition) is 3. The van der Waals surface area contributed by atoms with Crippen LogP contribution in [0, 0.1) is 0 Å². The molecule has 5 nitrogen and oxygen atoms in total. The molecule has 2 N–H and O–H groups in total. The Hall–Kier alpha value is -1.36. The number of aliphatic hydroxyl groups is 1. The molecule has 1 heterocycles. The van der Waals surface area contributed by atoms with E-state index in [0.717, 1.165) is 18.6 Å². The summed E-state index contributed by atoms with van der Waals surface area (Å²) in [5.41, 5.74) is 0. The molecule has 1 aliphatic rings. The van der Waals surface area contributed by atoms with Gasteiger partial charge in [-0.05, 0) is 19.8 Å². The summed E-state index contributed by atoms with van der Waals surface area (Å²) >= 11 is 0. The van der Waals surface area contributed by atoms with E-state index in [1.807, 2.05) is 0 Å². The molecule has 0 aromatic rings. The molecule has 2 atom stereocenters. The van der Waals surface area contributed by atoms with Crippen molar-refractivity contribution in [2.45, 2.75) is 31.9 Å². The van der Waals surface area contributed by atoms with Gasteiger partial charge in [0.25, 0.3) is 0 Å². The highest BCUT2D eigenvalue weighted by Gasteiger charge is 2.28. The summed E-state index contributed by atoms with van der Waals surface area (Å²) in [5, 5.41) is 17.9. The van der Waals surface area contributed by atoms with Gasteiger partial charge in [-0.2, -0.15) is 0 Å². The van der Waals surface area contributed by atoms with E-state index in [2.05, 4.69) is 0 Å². The predicted molar refractivity (Wildman–Crippen MR) is 53.2 cm³/mol. The largest absolute Gasteiger partial charge is 0.478 e. The van der Waals surface area contributed by atoms with Gasteiger partial charge in [0.1, 0.15) is 0 Å². The Morgan fingerprint density at radius 2 is 2.07 bits per heavy atom. The topological polar surface area (TPSA) is 77.8 Å².